The Balaban J connectivity index is 2.29. The lowest BCUT2D eigenvalue weighted by atomic mass is 10.1. The highest BCUT2D eigenvalue weighted by molar-refractivity contribution is 9.11. The molecule has 170 valence electrons. The van der Waals surface area contributed by atoms with Gasteiger partial charge in [-0.05, 0) is 80.7 Å². The molecule has 0 aliphatic rings. The zero-order valence-electron chi connectivity index (χ0n) is 18.3. The highest BCUT2D eigenvalue weighted by Crippen LogP contribution is 2.23. The first-order valence-corrected chi connectivity index (χ1v) is 12.7. The molecule has 31 heavy (non-hydrogen) atoms. The Morgan fingerprint density at radius 3 is 2.19 bits per heavy atom. The molecule has 2 N–H and O–H groups in total. The average molecular weight is 531 g/mol. The van der Waals surface area contributed by atoms with Crippen molar-refractivity contribution in [3.63, 3.8) is 0 Å². The molecule has 0 fully saturated rings. The Kier molecular flexibility index (Phi) is 8.07. The van der Waals surface area contributed by atoms with Crippen LogP contribution in [0.3, 0.4) is 0 Å². The van der Waals surface area contributed by atoms with Crippen molar-refractivity contribution < 1.29 is 22.7 Å². The fourth-order valence-electron chi connectivity index (χ4n) is 3.10. The molecule has 0 unspecified atom stereocenters. The second-order valence-corrected chi connectivity index (χ2v) is 12.4. The van der Waals surface area contributed by atoms with Gasteiger partial charge < -0.3 is 10.1 Å². The van der Waals surface area contributed by atoms with Gasteiger partial charge in [0.05, 0.1) is 13.6 Å². The number of halogens is 1. The number of nitrogens with one attached hydrogen (secondary N) is 2. The van der Waals surface area contributed by atoms with Crippen molar-refractivity contribution in [1.29, 1.82) is 0 Å². The van der Waals surface area contributed by atoms with Gasteiger partial charge in [-0.1, -0.05) is 17.7 Å². The van der Waals surface area contributed by atoms with Crippen molar-refractivity contribution in [3.8, 4) is 0 Å². The third-order valence-corrected chi connectivity index (χ3v) is 7.52. The van der Waals surface area contributed by atoms with E-state index in [-0.39, 0.29) is 11.4 Å². The molecule has 1 heterocycles. The maximum atomic E-state index is 13.1. The molecule has 1 amide bonds. The van der Waals surface area contributed by atoms with E-state index >= 15 is 0 Å². The molecule has 0 saturated heterocycles. The van der Waals surface area contributed by atoms with Gasteiger partial charge in [0.2, 0.25) is 10.0 Å². The van der Waals surface area contributed by atoms with Crippen molar-refractivity contribution in [1.82, 2.24) is 10.0 Å². The first kappa shape index (κ1) is 25.5. The molecule has 2 aromatic rings. The molecule has 0 radical (unpaired) electrons. The topological polar surface area (TPSA) is 102 Å². The summed E-state index contributed by atoms with van der Waals surface area (Å²) in [6.07, 6.45) is 0. The second kappa shape index (κ2) is 9.81. The van der Waals surface area contributed by atoms with Gasteiger partial charge in [-0.15, -0.1) is 11.3 Å². The van der Waals surface area contributed by atoms with Crippen molar-refractivity contribution in [2.24, 2.45) is 0 Å². The minimum atomic E-state index is -4.05. The van der Waals surface area contributed by atoms with Crippen LogP contribution in [0.2, 0.25) is 0 Å². The second-order valence-electron chi connectivity index (χ2n) is 8.25. The van der Waals surface area contributed by atoms with Gasteiger partial charge in [-0.2, -0.15) is 4.72 Å². The van der Waals surface area contributed by atoms with Gasteiger partial charge in [-0.25, -0.2) is 8.42 Å². The monoisotopic (exact) mass is 530 g/mol. The van der Waals surface area contributed by atoms with Crippen LogP contribution in [0.25, 0.3) is 0 Å². The fourth-order valence-corrected chi connectivity index (χ4v) is 6.04. The highest BCUT2D eigenvalue weighted by atomic mass is 79.9. The van der Waals surface area contributed by atoms with E-state index in [2.05, 4.69) is 26.0 Å². The van der Waals surface area contributed by atoms with E-state index in [4.69, 9.17) is 4.74 Å². The number of carbonyl (C=O) groups is 2. The predicted molar refractivity (Wildman–Crippen MR) is 125 cm³/mol. The van der Waals surface area contributed by atoms with Crippen molar-refractivity contribution in [2.75, 3.05) is 6.54 Å². The highest BCUT2D eigenvalue weighted by Gasteiger charge is 2.32. The third-order valence-electron chi connectivity index (χ3n) is 4.13. The molecule has 0 aliphatic carbocycles. The number of ether oxygens (including phenoxy) is 1. The zero-order valence-corrected chi connectivity index (χ0v) is 21.5. The summed E-state index contributed by atoms with van der Waals surface area (Å²) in [5.41, 5.74) is 1.26. The van der Waals surface area contributed by atoms with Gasteiger partial charge in [-0.3, -0.25) is 9.59 Å². The van der Waals surface area contributed by atoms with Crippen LogP contribution in [0.1, 0.15) is 47.1 Å². The summed E-state index contributed by atoms with van der Waals surface area (Å²) in [6, 6.07) is 5.60. The van der Waals surface area contributed by atoms with Crippen LogP contribution < -0.4 is 10.0 Å². The largest absolute Gasteiger partial charge is 0.459 e. The standard InChI is InChI=1S/C21H27BrN2O5S2/c1-12-9-13(2)18(14(3)10-12)31(27,28)24-15(20(26)29-21(4,5)6)11-23-19(25)16-7-8-17(22)30-16/h7-10,15,24H,11H2,1-6H3,(H,23,25)/t15-/m0/s1. The van der Waals surface area contributed by atoms with E-state index in [1.165, 1.54) is 11.3 Å². The number of sulfonamides is 1. The van der Waals surface area contributed by atoms with Crippen LogP contribution in [0.5, 0.6) is 0 Å². The van der Waals surface area contributed by atoms with Crippen LogP contribution in [-0.2, 0) is 19.6 Å². The van der Waals surface area contributed by atoms with Crippen LogP contribution in [0, 0.1) is 20.8 Å². The number of hydrogen-bond acceptors (Lipinski definition) is 6. The lowest BCUT2D eigenvalue weighted by molar-refractivity contribution is -0.156. The molecule has 2 rings (SSSR count). The van der Waals surface area contributed by atoms with Gasteiger partial charge in [0.1, 0.15) is 11.6 Å². The molecule has 1 aromatic heterocycles. The van der Waals surface area contributed by atoms with E-state index in [1.807, 2.05) is 6.92 Å². The smallest absolute Gasteiger partial charge is 0.326 e. The lowest BCUT2D eigenvalue weighted by Gasteiger charge is -2.25. The Morgan fingerprint density at radius 1 is 1.13 bits per heavy atom. The summed E-state index contributed by atoms with van der Waals surface area (Å²) in [7, 11) is -4.05. The number of amides is 1. The number of benzene rings is 1. The number of esters is 1. The summed E-state index contributed by atoms with van der Waals surface area (Å²) in [4.78, 5) is 25.7. The fraction of sp³-hybridized carbons (Fsp3) is 0.429. The van der Waals surface area contributed by atoms with Gasteiger partial charge >= 0.3 is 5.97 Å². The number of thiophene rings is 1. The van der Waals surface area contributed by atoms with Crippen LogP contribution in [-0.4, -0.2) is 38.5 Å². The van der Waals surface area contributed by atoms with Crippen molar-refractivity contribution in [3.05, 3.63) is 49.6 Å². The predicted octanol–water partition coefficient (Wildman–Crippen LogP) is 3.85. The maximum absolute atomic E-state index is 13.1. The molecule has 0 saturated carbocycles. The summed E-state index contributed by atoms with van der Waals surface area (Å²) in [5.74, 6) is -1.18. The maximum Gasteiger partial charge on any atom is 0.326 e. The molecule has 0 spiro atoms. The van der Waals surface area contributed by atoms with Crippen LogP contribution in [0.4, 0.5) is 0 Å². The van der Waals surface area contributed by atoms with E-state index in [0.29, 0.717) is 16.0 Å². The number of rotatable bonds is 7. The molecular weight excluding hydrogens is 504 g/mol. The molecular formula is C21H27BrN2O5S2. The van der Waals surface area contributed by atoms with Gasteiger partial charge in [0.25, 0.3) is 5.91 Å². The Hall–Kier alpha value is -1.75. The van der Waals surface area contributed by atoms with Gasteiger partial charge in [0.15, 0.2) is 0 Å². The Bertz CT molecular complexity index is 1060. The van der Waals surface area contributed by atoms with E-state index < -0.39 is 33.5 Å². The van der Waals surface area contributed by atoms with Crippen LogP contribution >= 0.6 is 27.3 Å². The van der Waals surface area contributed by atoms with Crippen molar-refractivity contribution in [2.45, 2.75) is 58.1 Å². The molecule has 1 aromatic carbocycles. The first-order valence-electron chi connectivity index (χ1n) is 9.56. The lowest BCUT2D eigenvalue weighted by Crippen LogP contribution is -2.50. The summed E-state index contributed by atoms with van der Waals surface area (Å²) in [5, 5.41) is 2.61. The van der Waals surface area contributed by atoms with Gasteiger partial charge in [0, 0.05) is 6.54 Å². The minimum absolute atomic E-state index is 0.111. The van der Waals surface area contributed by atoms with E-state index in [0.717, 1.165) is 9.35 Å². The molecule has 7 nitrogen and oxygen atoms in total. The summed E-state index contributed by atoms with van der Waals surface area (Å²) < 4.78 is 34.9. The number of hydrogen-bond donors (Lipinski definition) is 2. The normalized spacial score (nSPS) is 13.0. The molecule has 10 heteroatoms. The average Bonchev–Trinajstić information content (AvgIpc) is 3.02. The minimum Gasteiger partial charge on any atom is -0.459 e. The zero-order chi connectivity index (χ0) is 23.6. The molecule has 1 atom stereocenters. The Morgan fingerprint density at radius 2 is 1.71 bits per heavy atom. The number of carbonyl (C=O) groups excluding carboxylic acids is 2. The van der Waals surface area contributed by atoms with E-state index in [9.17, 15) is 18.0 Å². The third kappa shape index (κ3) is 7.13. The van der Waals surface area contributed by atoms with Crippen molar-refractivity contribution >= 4 is 49.2 Å². The van der Waals surface area contributed by atoms with E-state index in [1.54, 1.807) is 58.9 Å². The molecule has 0 bridgehead atoms. The summed E-state index contributed by atoms with van der Waals surface area (Å²) in [6.45, 7) is 10.1. The quantitative estimate of drug-likeness (QED) is 0.529. The molecule has 0 aliphatic heterocycles. The van der Waals surface area contributed by atoms with Crippen LogP contribution in [0.15, 0.2) is 32.9 Å². The first-order chi connectivity index (χ1) is 14.2. The summed E-state index contributed by atoms with van der Waals surface area (Å²) >= 11 is 4.52. The Labute approximate surface area is 195 Å². The number of aryl methyl sites for hydroxylation is 3. The SMILES string of the molecule is Cc1cc(C)c(S(=O)(=O)N[C@@H](CNC(=O)c2ccc(Br)s2)C(=O)OC(C)(C)C)c(C)c1.